The molecule has 0 unspecified atom stereocenters. The maximum Gasteiger partial charge on any atom is 0.315 e. The van der Waals surface area contributed by atoms with Crippen LogP contribution in [0.1, 0.15) is 50.5 Å². The first-order valence-corrected chi connectivity index (χ1v) is 10.6. The van der Waals surface area contributed by atoms with Gasteiger partial charge in [0.2, 0.25) is 10.0 Å². The van der Waals surface area contributed by atoms with Crippen molar-refractivity contribution in [3.05, 3.63) is 29.8 Å². The molecule has 0 spiro atoms. The van der Waals surface area contributed by atoms with E-state index in [4.69, 9.17) is 0 Å². The van der Waals surface area contributed by atoms with E-state index in [-0.39, 0.29) is 12.1 Å². The quantitative estimate of drug-likeness (QED) is 0.842. The Hall–Kier alpha value is -1.60. The van der Waals surface area contributed by atoms with Crippen LogP contribution in [-0.4, -0.2) is 37.9 Å². The third kappa shape index (κ3) is 4.73. The highest BCUT2D eigenvalue weighted by molar-refractivity contribution is 7.89. The second kappa shape index (κ2) is 8.19. The Labute approximate surface area is 150 Å². The third-order valence-corrected chi connectivity index (χ3v) is 6.93. The molecular formula is C18H27N3O3S. The highest BCUT2D eigenvalue weighted by Crippen LogP contribution is 2.21. The van der Waals surface area contributed by atoms with Gasteiger partial charge in [0, 0.05) is 25.7 Å². The topological polar surface area (TPSA) is 78.5 Å². The summed E-state index contributed by atoms with van der Waals surface area (Å²) in [5.74, 6) is 0. The second-order valence-electron chi connectivity index (χ2n) is 6.92. The van der Waals surface area contributed by atoms with E-state index in [1.54, 1.807) is 28.6 Å². The van der Waals surface area contributed by atoms with E-state index in [9.17, 15) is 13.2 Å². The lowest BCUT2D eigenvalue weighted by Crippen LogP contribution is -2.40. The van der Waals surface area contributed by atoms with E-state index in [0.717, 1.165) is 37.7 Å². The molecule has 0 bridgehead atoms. The molecule has 25 heavy (non-hydrogen) atoms. The molecule has 2 fully saturated rings. The van der Waals surface area contributed by atoms with Crippen LogP contribution in [0, 0.1) is 0 Å². The second-order valence-corrected chi connectivity index (χ2v) is 8.86. The van der Waals surface area contributed by atoms with Crippen molar-refractivity contribution in [1.29, 1.82) is 0 Å². The van der Waals surface area contributed by atoms with Crippen LogP contribution in [0.5, 0.6) is 0 Å². The van der Waals surface area contributed by atoms with Crippen molar-refractivity contribution in [2.45, 2.75) is 62.4 Å². The summed E-state index contributed by atoms with van der Waals surface area (Å²) in [7, 11) is -3.39. The van der Waals surface area contributed by atoms with Crippen LogP contribution in [0.2, 0.25) is 0 Å². The summed E-state index contributed by atoms with van der Waals surface area (Å²) in [4.78, 5) is 12.2. The van der Waals surface area contributed by atoms with E-state index in [1.165, 1.54) is 12.8 Å². The highest BCUT2D eigenvalue weighted by atomic mass is 32.2. The van der Waals surface area contributed by atoms with E-state index in [2.05, 4.69) is 10.6 Å². The minimum atomic E-state index is -3.39. The predicted octanol–water partition coefficient (Wildman–Crippen LogP) is 2.60. The van der Waals surface area contributed by atoms with Crippen molar-refractivity contribution in [3.8, 4) is 0 Å². The number of amides is 2. The fraction of sp³-hybridized carbons (Fsp3) is 0.611. The van der Waals surface area contributed by atoms with E-state index >= 15 is 0 Å². The van der Waals surface area contributed by atoms with Crippen molar-refractivity contribution in [2.75, 3.05) is 13.1 Å². The van der Waals surface area contributed by atoms with Crippen LogP contribution in [-0.2, 0) is 16.6 Å². The molecule has 138 valence electrons. The minimum absolute atomic E-state index is 0.156. The van der Waals surface area contributed by atoms with Gasteiger partial charge in [-0.15, -0.1) is 0 Å². The maximum absolute atomic E-state index is 12.6. The normalized spacial score (nSPS) is 19.7. The lowest BCUT2D eigenvalue weighted by molar-refractivity contribution is 0.236. The van der Waals surface area contributed by atoms with E-state index in [0.29, 0.717) is 24.5 Å². The number of hydrogen-bond acceptors (Lipinski definition) is 3. The van der Waals surface area contributed by atoms with Gasteiger partial charge in [-0.1, -0.05) is 31.4 Å². The molecule has 1 aromatic carbocycles. The predicted molar refractivity (Wildman–Crippen MR) is 96.7 cm³/mol. The summed E-state index contributed by atoms with van der Waals surface area (Å²) in [5, 5.41) is 5.81. The largest absolute Gasteiger partial charge is 0.335 e. The van der Waals surface area contributed by atoms with Gasteiger partial charge < -0.3 is 10.6 Å². The van der Waals surface area contributed by atoms with Crippen LogP contribution in [0.3, 0.4) is 0 Å². The molecule has 1 aliphatic heterocycles. The van der Waals surface area contributed by atoms with Gasteiger partial charge in [-0.3, -0.25) is 0 Å². The van der Waals surface area contributed by atoms with Gasteiger partial charge in [0.15, 0.2) is 0 Å². The Morgan fingerprint density at radius 3 is 2.28 bits per heavy atom. The molecule has 2 aliphatic rings. The molecule has 7 heteroatoms. The SMILES string of the molecule is O=C(NCc1ccc(S(=O)(=O)N2CCCCC2)cc1)NC1CCCC1. The Balaban J connectivity index is 1.53. The summed E-state index contributed by atoms with van der Waals surface area (Å²) in [5.41, 5.74) is 0.888. The third-order valence-electron chi connectivity index (χ3n) is 5.02. The Morgan fingerprint density at radius 2 is 1.64 bits per heavy atom. The van der Waals surface area contributed by atoms with Crippen LogP contribution in [0.25, 0.3) is 0 Å². The summed E-state index contributed by atoms with van der Waals surface area (Å²) in [6.45, 7) is 1.60. The fourth-order valence-corrected chi connectivity index (χ4v) is 5.04. The van der Waals surface area contributed by atoms with E-state index < -0.39 is 10.0 Å². The lowest BCUT2D eigenvalue weighted by atomic mass is 10.2. The number of carbonyl (C=O) groups is 1. The first-order valence-electron chi connectivity index (χ1n) is 9.19. The first kappa shape index (κ1) is 18.2. The Bertz CT molecular complexity index is 676. The molecule has 0 radical (unpaired) electrons. The average Bonchev–Trinajstić information content (AvgIpc) is 3.14. The number of nitrogens with one attached hydrogen (secondary N) is 2. The number of benzene rings is 1. The number of urea groups is 1. The van der Waals surface area contributed by atoms with Crippen molar-refractivity contribution in [3.63, 3.8) is 0 Å². The number of carbonyl (C=O) groups excluding carboxylic acids is 1. The van der Waals surface area contributed by atoms with Gasteiger partial charge in [-0.25, -0.2) is 13.2 Å². The Kier molecular flexibility index (Phi) is 5.96. The molecule has 1 saturated heterocycles. The van der Waals surface area contributed by atoms with Crippen LogP contribution < -0.4 is 10.6 Å². The molecule has 6 nitrogen and oxygen atoms in total. The molecule has 3 rings (SSSR count). The summed E-state index contributed by atoms with van der Waals surface area (Å²) in [6.07, 6.45) is 7.41. The van der Waals surface area contributed by atoms with Gasteiger partial charge in [0.1, 0.15) is 0 Å². The molecule has 2 amide bonds. The average molecular weight is 365 g/mol. The van der Waals surface area contributed by atoms with Gasteiger partial charge in [0.05, 0.1) is 4.90 Å². The highest BCUT2D eigenvalue weighted by Gasteiger charge is 2.25. The number of rotatable bonds is 5. The molecular weight excluding hydrogens is 338 g/mol. The molecule has 1 saturated carbocycles. The number of piperidine rings is 1. The zero-order chi connectivity index (χ0) is 17.7. The molecule has 1 aliphatic carbocycles. The molecule has 0 aromatic heterocycles. The summed E-state index contributed by atoms with van der Waals surface area (Å²) in [6, 6.07) is 6.94. The zero-order valence-corrected chi connectivity index (χ0v) is 15.4. The number of sulfonamides is 1. The van der Waals surface area contributed by atoms with Gasteiger partial charge in [-0.2, -0.15) is 4.31 Å². The zero-order valence-electron chi connectivity index (χ0n) is 14.5. The van der Waals surface area contributed by atoms with Gasteiger partial charge in [-0.05, 0) is 43.4 Å². The van der Waals surface area contributed by atoms with Crippen molar-refractivity contribution in [2.24, 2.45) is 0 Å². The molecule has 2 N–H and O–H groups in total. The Morgan fingerprint density at radius 1 is 1.00 bits per heavy atom. The summed E-state index contributed by atoms with van der Waals surface area (Å²) < 4.78 is 26.8. The van der Waals surface area contributed by atoms with Crippen LogP contribution in [0.15, 0.2) is 29.2 Å². The van der Waals surface area contributed by atoms with Crippen molar-refractivity contribution < 1.29 is 13.2 Å². The fourth-order valence-electron chi connectivity index (χ4n) is 3.52. The van der Waals surface area contributed by atoms with E-state index in [1.807, 2.05) is 0 Å². The number of nitrogens with zero attached hydrogens (tertiary/aromatic N) is 1. The van der Waals surface area contributed by atoms with Gasteiger partial charge in [0.25, 0.3) is 0 Å². The van der Waals surface area contributed by atoms with Crippen LogP contribution >= 0.6 is 0 Å². The molecule has 1 aromatic rings. The standard InChI is InChI=1S/C18H27N3O3S/c22-18(20-16-6-2-3-7-16)19-14-15-8-10-17(11-9-15)25(23,24)21-12-4-1-5-13-21/h8-11,16H,1-7,12-14H2,(H2,19,20,22). The van der Waals surface area contributed by atoms with Crippen molar-refractivity contribution >= 4 is 16.1 Å². The van der Waals surface area contributed by atoms with Crippen molar-refractivity contribution in [1.82, 2.24) is 14.9 Å². The number of hydrogen-bond donors (Lipinski definition) is 2. The van der Waals surface area contributed by atoms with Gasteiger partial charge >= 0.3 is 6.03 Å². The monoisotopic (exact) mass is 365 g/mol. The van der Waals surface area contributed by atoms with Crippen LogP contribution in [0.4, 0.5) is 4.79 Å². The minimum Gasteiger partial charge on any atom is -0.335 e. The molecule has 0 atom stereocenters. The smallest absolute Gasteiger partial charge is 0.315 e. The molecule has 1 heterocycles. The summed E-state index contributed by atoms with van der Waals surface area (Å²) >= 11 is 0. The lowest BCUT2D eigenvalue weighted by Gasteiger charge is -2.25. The maximum atomic E-state index is 12.6. The first-order chi connectivity index (χ1) is 12.1.